The summed E-state index contributed by atoms with van der Waals surface area (Å²) in [7, 11) is -0.470. The minimum Gasteiger partial charge on any atom is -0.854 e. The molecule has 2 N–H and O–H groups in total. The first-order valence-corrected chi connectivity index (χ1v) is 39.3. The Morgan fingerprint density at radius 3 is 0.598 bits per heavy atom. The molecule has 26 heteroatoms. The Morgan fingerprint density at radius 1 is 0.262 bits per heavy atom. The van der Waals surface area contributed by atoms with Crippen LogP contribution in [-0.2, 0) is 48.6 Å². The zero-order chi connectivity index (χ0) is 83.4. The quantitative estimate of drug-likeness (QED) is 0.0396. The average molecular weight is 1710 g/mol. The van der Waals surface area contributed by atoms with Crippen LogP contribution in [-0.4, -0.2) is 118 Å². The van der Waals surface area contributed by atoms with E-state index in [-0.39, 0.29) is 50.6 Å². The van der Waals surface area contributed by atoms with Gasteiger partial charge in [-0.2, -0.15) is 0 Å². The van der Waals surface area contributed by atoms with Gasteiger partial charge in [-0.3, -0.25) is 0 Å². The molecule has 598 valence electrons. The van der Waals surface area contributed by atoms with E-state index in [1.807, 2.05) is 267 Å². The Kier molecular flexibility index (Phi) is 32.1. The molecule has 0 unspecified atom stereocenters. The number of imidazole rings is 2. The normalized spacial score (nSPS) is 10.8. The molecule has 0 saturated carbocycles. The first-order chi connectivity index (χ1) is 58.8. The van der Waals surface area contributed by atoms with E-state index < -0.39 is 26.0 Å². The number of rotatable bonds is 16. The second kappa shape index (κ2) is 44.4. The van der Waals surface area contributed by atoms with Crippen LogP contribution in [0.5, 0.6) is 0 Å². The number of H-pyrrole nitrogens is 2. The maximum absolute atomic E-state index is 11.2. The zero-order valence-electron chi connectivity index (χ0n) is 69.4. The topological polar surface area (TPSA) is 254 Å². The number of nitrogens with one attached hydrogen (secondary N) is 2. The molecule has 11 aromatic carbocycles. The predicted octanol–water partition coefficient (Wildman–Crippen LogP) is 17.2. The molecule has 0 atom stereocenters. The molecule has 0 aliphatic carbocycles. The van der Waals surface area contributed by atoms with E-state index in [0.29, 0.717) is 0 Å². The van der Waals surface area contributed by atoms with E-state index in [1.165, 1.54) is 14.2 Å². The Bertz CT molecular complexity index is 5430. The number of hydrogen-bond donors (Lipinski definition) is 2. The predicted molar refractivity (Wildman–Crippen MR) is 480 cm³/mol. The number of aromatic amines is 2. The van der Waals surface area contributed by atoms with Gasteiger partial charge in [-0.05, 0) is 136 Å². The Balaban J connectivity index is 0.000000156. The van der Waals surface area contributed by atoms with Gasteiger partial charge in [0.2, 0.25) is 0 Å². The maximum atomic E-state index is 11.2. The van der Waals surface area contributed by atoms with Crippen molar-refractivity contribution in [2.24, 2.45) is 10.3 Å². The van der Waals surface area contributed by atoms with Crippen LogP contribution in [0.15, 0.2) is 386 Å². The summed E-state index contributed by atoms with van der Waals surface area (Å²) in [6.07, 6.45) is 0. The first-order valence-electron chi connectivity index (χ1n) is 39.3. The van der Waals surface area contributed by atoms with Crippen LogP contribution in [0, 0.1) is 41.5 Å². The second-order valence-corrected chi connectivity index (χ2v) is 27.9. The summed E-state index contributed by atoms with van der Waals surface area (Å²) in [5.74, 6) is -0.645. The fraction of sp³-hybridized carbons (Fsp3) is 0.0833. The Labute approximate surface area is 735 Å². The number of oxime groups is 2. The van der Waals surface area contributed by atoms with Gasteiger partial charge in [-0.25, -0.2) is 40.6 Å². The van der Waals surface area contributed by atoms with Crippen molar-refractivity contribution in [3.8, 4) is 67.5 Å². The molecule has 0 radical (unpaired) electrons. The number of benzene rings is 11. The molecule has 8 heterocycles. The summed E-state index contributed by atoms with van der Waals surface area (Å²) in [5, 5.41) is 59.6. The first kappa shape index (κ1) is 88.4. The average Bonchev–Trinajstić information content (AvgIpc) is 1.61. The molecule has 0 aliphatic heterocycles. The standard InChI is InChI=1S/2C30H28BN6.2C9H9N3O2.3C6H6.2Zn/c2*1-22-19-28(25-13-7-4-8-14-25)32-35(22)31(36-23(2)20-29(33-36)26-15-9-5-10-16-26)37-24(3)21-30(34-37)27-17-11-6-12-18-27;2*1-14-12-9(13)8-10-6-4-2-3-5-7(6)11-8;3*1-2-4-6-5-3-1;;/h2*4-21,31H,1-3H3;2*2-5H,1H3,(H,10,11)(H,12,13);3*1-6H;;/q2*-1;;;;;;2*+2/p-2. The number of hydrogen-bond acceptors (Lipinski definition) is 14. The van der Waals surface area contributed by atoms with Gasteiger partial charge in [0.1, 0.15) is 25.9 Å². The molecule has 122 heavy (non-hydrogen) atoms. The molecule has 22 nitrogen and oxygen atoms in total. The summed E-state index contributed by atoms with van der Waals surface area (Å²) in [4.78, 5) is 22.5. The summed E-state index contributed by atoms with van der Waals surface area (Å²) >= 11 is 0. The molecule has 8 aromatic heterocycles. The summed E-state index contributed by atoms with van der Waals surface area (Å²) in [5.41, 5.74) is 21.6. The minimum atomic E-state index is -1.55. The number of fused-ring (bicyclic) bond motifs is 2. The van der Waals surface area contributed by atoms with E-state index in [9.17, 15) is 10.2 Å². The van der Waals surface area contributed by atoms with Crippen molar-refractivity contribution in [3.05, 3.63) is 422 Å². The van der Waals surface area contributed by atoms with Crippen molar-refractivity contribution in [2.45, 2.75) is 41.5 Å². The molecular weight excluding hydrogens is 1620 g/mol. The Hall–Kier alpha value is -14.5. The van der Waals surface area contributed by atoms with Crippen molar-refractivity contribution in [1.29, 1.82) is 0 Å². The van der Waals surface area contributed by atoms with Crippen LogP contribution in [0.2, 0.25) is 0 Å². The smallest absolute Gasteiger partial charge is 0.854 e. The van der Waals surface area contributed by atoms with Crippen LogP contribution in [0.25, 0.3) is 89.6 Å². The fourth-order valence-electron chi connectivity index (χ4n) is 13.6. The molecule has 0 bridgehead atoms. The molecule has 19 aromatic rings. The van der Waals surface area contributed by atoms with Gasteiger partial charge in [0.05, 0.1) is 68.0 Å². The molecule has 0 amide bonds. The largest absolute Gasteiger partial charge is 2.00 e. The van der Waals surface area contributed by atoms with Crippen LogP contribution in [0.3, 0.4) is 0 Å². The number of nitrogens with zero attached hydrogens (tertiary/aromatic N) is 16. The number of aryl methyl sites for hydroxylation is 6. The third-order valence-electron chi connectivity index (χ3n) is 19.4. The molecule has 0 spiro atoms. The molecular formula is C96H90B2N18O4Zn2. The third kappa shape index (κ3) is 23.1. The number of para-hydroxylation sites is 4. The van der Waals surface area contributed by atoms with Gasteiger partial charge in [0.15, 0.2) is 0 Å². The fourth-order valence-corrected chi connectivity index (χ4v) is 13.6. The van der Waals surface area contributed by atoms with Crippen LogP contribution in [0.1, 0.15) is 45.8 Å². The zero-order valence-corrected chi connectivity index (χ0v) is 75.3. The molecule has 0 saturated heterocycles. The van der Waals surface area contributed by atoms with Crippen LogP contribution >= 0.6 is 0 Å². The maximum Gasteiger partial charge on any atom is 2.00 e. The summed E-state index contributed by atoms with van der Waals surface area (Å²) < 4.78 is 12.6. The van der Waals surface area contributed by atoms with Gasteiger partial charge in [-0.1, -0.05) is 326 Å². The van der Waals surface area contributed by atoms with Crippen molar-refractivity contribution >= 4 is 48.1 Å². The molecule has 19 rings (SSSR count). The van der Waals surface area contributed by atoms with E-state index in [2.05, 4.69) is 218 Å². The van der Waals surface area contributed by atoms with Crippen LogP contribution < -0.4 is 10.2 Å². The van der Waals surface area contributed by atoms with E-state index in [4.69, 9.17) is 30.6 Å². The SMILES string of the molecule is CO/N=C(\[O-])c1nc2ccccc2[nH]1.CO/N=C(\[O-])c1nc2ccccc2[nH]1.Cc1cc(-c2ccccc2)nn1[BH-](n1nc(-c2ccccc2)cc1C)n1nc(-c2ccccc2)cc1C.Cc1cc(-c2ccccc2)nn1[BH-](n1nc(-c2ccccc2)cc1C)n1nc(-c2ccccc2)cc1C.[Zn+2].[Zn+2].c1ccccc1.c1ccccc1.c1ccccc1. The molecule has 0 fully saturated rings. The second-order valence-electron chi connectivity index (χ2n) is 27.9. The monoisotopic (exact) mass is 1710 g/mol. The van der Waals surface area contributed by atoms with Gasteiger partial charge in [0.25, 0.3) is 0 Å². The minimum absolute atomic E-state index is 0. The van der Waals surface area contributed by atoms with Gasteiger partial charge >= 0.3 is 53.2 Å². The summed E-state index contributed by atoms with van der Waals surface area (Å²) in [6.45, 7) is 12.6. The van der Waals surface area contributed by atoms with Crippen molar-refractivity contribution in [1.82, 2.24) is 78.1 Å². The van der Waals surface area contributed by atoms with Gasteiger partial charge in [-0.15, -0.1) is 0 Å². The van der Waals surface area contributed by atoms with Gasteiger partial charge in [0, 0.05) is 33.4 Å². The molecule has 0 aliphatic rings. The van der Waals surface area contributed by atoms with E-state index in [0.717, 1.165) is 124 Å². The van der Waals surface area contributed by atoms with Crippen LogP contribution in [0.4, 0.5) is 0 Å². The number of aromatic nitrogens is 16. The van der Waals surface area contributed by atoms with Gasteiger partial charge < -0.3 is 57.4 Å². The van der Waals surface area contributed by atoms with Crippen molar-refractivity contribution < 1.29 is 58.8 Å². The third-order valence-corrected chi connectivity index (χ3v) is 19.4. The Morgan fingerprint density at radius 2 is 0.426 bits per heavy atom. The van der Waals surface area contributed by atoms with E-state index in [1.54, 1.807) is 0 Å². The van der Waals surface area contributed by atoms with Crippen molar-refractivity contribution in [3.63, 3.8) is 0 Å². The summed E-state index contributed by atoms with van der Waals surface area (Å²) in [6, 6.07) is 125. The van der Waals surface area contributed by atoms with Crippen molar-refractivity contribution in [2.75, 3.05) is 14.2 Å². The van der Waals surface area contributed by atoms with E-state index >= 15 is 0 Å².